The summed E-state index contributed by atoms with van der Waals surface area (Å²) in [6.45, 7) is 1.18. The van der Waals surface area contributed by atoms with Gasteiger partial charge in [0.05, 0.1) is 11.0 Å². The van der Waals surface area contributed by atoms with Crippen molar-refractivity contribution in [2.45, 2.75) is 17.5 Å². The van der Waals surface area contributed by atoms with Crippen molar-refractivity contribution in [3.05, 3.63) is 53.6 Å². The van der Waals surface area contributed by atoms with Crippen LogP contribution in [0.2, 0.25) is 0 Å². The number of benzene rings is 2. The van der Waals surface area contributed by atoms with Gasteiger partial charge in [0.15, 0.2) is 21.3 Å². The van der Waals surface area contributed by atoms with E-state index in [1.165, 1.54) is 12.1 Å². The molecule has 7 heteroatoms. The van der Waals surface area contributed by atoms with Gasteiger partial charge in [0.1, 0.15) is 0 Å². The second-order valence-electron chi connectivity index (χ2n) is 5.68. The predicted octanol–water partition coefficient (Wildman–Crippen LogP) is 1.64. The van der Waals surface area contributed by atoms with Gasteiger partial charge in [0.2, 0.25) is 6.79 Å². The van der Waals surface area contributed by atoms with E-state index in [2.05, 4.69) is 5.32 Å². The van der Waals surface area contributed by atoms with E-state index in [-0.39, 0.29) is 11.7 Å². The van der Waals surface area contributed by atoms with Crippen LogP contribution in [-0.2, 0) is 16.4 Å². The van der Waals surface area contributed by atoms with Crippen LogP contribution in [0.15, 0.2) is 47.4 Å². The fraction of sp³-hybridized carbons (Fsp3) is 0.294. The van der Waals surface area contributed by atoms with Crippen molar-refractivity contribution in [2.24, 2.45) is 0 Å². The molecule has 1 aliphatic rings. The van der Waals surface area contributed by atoms with Crippen molar-refractivity contribution in [2.75, 3.05) is 19.6 Å². The highest BCUT2D eigenvalue weighted by Crippen LogP contribution is 2.32. The smallest absolute Gasteiger partial charge is 0.231 e. The van der Waals surface area contributed by atoms with Gasteiger partial charge < -0.3 is 19.9 Å². The molecule has 3 rings (SSSR count). The van der Waals surface area contributed by atoms with Crippen LogP contribution in [0.4, 0.5) is 0 Å². The molecule has 0 radical (unpaired) electrons. The summed E-state index contributed by atoms with van der Waals surface area (Å²) in [6, 6.07) is 12.0. The van der Waals surface area contributed by atoms with Gasteiger partial charge in [-0.2, -0.15) is 0 Å². The van der Waals surface area contributed by atoms with Crippen molar-refractivity contribution in [1.82, 2.24) is 5.32 Å². The third-order valence-corrected chi connectivity index (χ3v) is 4.93. The Morgan fingerprint density at radius 2 is 1.83 bits per heavy atom. The molecule has 0 aliphatic carbocycles. The largest absolute Gasteiger partial charge is 0.454 e. The van der Waals surface area contributed by atoms with Crippen LogP contribution in [0.25, 0.3) is 0 Å². The van der Waals surface area contributed by atoms with Gasteiger partial charge in [-0.3, -0.25) is 0 Å². The van der Waals surface area contributed by atoms with Crippen LogP contribution >= 0.6 is 0 Å². The monoisotopic (exact) mass is 349 g/mol. The van der Waals surface area contributed by atoms with E-state index in [1.807, 2.05) is 18.2 Å². The minimum atomic E-state index is -3.22. The average molecular weight is 349 g/mol. The Balaban J connectivity index is 1.55. The zero-order valence-corrected chi connectivity index (χ0v) is 14.0. The number of ether oxygens (including phenoxy) is 2. The van der Waals surface area contributed by atoms with E-state index >= 15 is 0 Å². The lowest BCUT2D eigenvalue weighted by molar-refractivity contribution is 0.173. The standard InChI is InChI=1S/C17H19NO5S/c1-24(20,21)14-5-3-13(4-6-14)15(19)10-18-9-12-2-7-16-17(8-12)23-11-22-16/h2-8,15,18-19H,9-11H2,1H3. The van der Waals surface area contributed by atoms with E-state index in [0.29, 0.717) is 18.7 Å². The Hall–Kier alpha value is -2.09. The zero-order valence-electron chi connectivity index (χ0n) is 13.2. The maximum Gasteiger partial charge on any atom is 0.231 e. The van der Waals surface area contributed by atoms with Crippen molar-refractivity contribution in [3.8, 4) is 11.5 Å². The number of hydrogen-bond acceptors (Lipinski definition) is 6. The Morgan fingerprint density at radius 1 is 1.12 bits per heavy atom. The Kier molecular flexibility index (Phi) is 4.75. The summed E-state index contributed by atoms with van der Waals surface area (Å²) < 4.78 is 33.4. The van der Waals surface area contributed by atoms with E-state index < -0.39 is 15.9 Å². The molecule has 0 amide bonds. The minimum Gasteiger partial charge on any atom is -0.454 e. The SMILES string of the molecule is CS(=O)(=O)c1ccc(C(O)CNCc2ccc3c(c2)OCO3)cc1. The second kappa shape index (κ2) is 6.80. The summed E-state index contributed by atoms with van der Waals surface area (Å²) in [5.74, 6) is 1.47. The molecule has 2 N–H and O–H groups in total. The lowest BCUT2D eigenvalue weighted by Gasteiger charge is -2.13. The second-order valence-corrected chi connectivity index (χ2v) is 7.69. The molecule has 0 saturated heterocycles. The molecule has 1 atom stereocenters. The lowest BCUT2D eigenvalue weighted by atomic mass is 10.1. The van der Waals surface area contributed by atoms with Gasteiger partial charge in [-0.05, 0) is 35.4 Å². The summed E-state index contributed by atoms with van der Waals surface area (Å²) in [5, 5.41) is 13.4. The van der Waals surface area contributed by atoms with Gasteiger partial charge in [-0.15, -0.1) is 0 Å². The first-order chi connectivity index (χ1) is 11.4. The Bertz CT molecular complexity index is 817. The van der Waals surface area contributed by atoms with Crippen LogP contribution in [0, 0.1) is 0 Å². The van der Waals surface area contributed by atoms with Crippen LogP contribution < -0.4 is 14.8 Å². The quantitative estimate of drug-likeness (QED) is 0.825. The van der Waals surface area contributed by atoms with Crippen molar-refractivity contribution in [1.29, 1.82) is 0 Å². The molecule has 1 aliphatic heterocycles. The van der Waals surface area contributed by atoms with Crippen molar-refractivity contribution >= 4 is 9.84 Å². The highest BCUT2D eigenvalue weighted by molar-refractivity contribution is 7.90. The van der Waals surface area contributed by atoms with Gasteiger partial charge in [-0.25, -0.2) is 8.42 Å². The zero-order chi connectivity index (χ0) is 17.2. The fourth-order valence-electron chi connectivity index (χ4n) is 2.46. The van der Waals surface area contributed by atoms with Gasteiger partial charge in [0.25, 0.3) is 0 Å². The number of hydrogen-bond donors (Lipinski definition) is 2. The van der Waals surface area contributed by atoms with Crippen LogP contribution in [0.1, 0.15) is 17.2 Å². The highest BCUT2D eigenvalue weighted by Gasteiger charge is 2.14. The minimum absolute atomic E-state index is 0.242. The third-order valence-electron chi connectivity index (χ3n) is 3.80. The van der Waals surface area contributed by atoms with E-state index in [4.69, 9.17) is 9.47 Å². The molecule has 0 bridgehead atoms. The number of nitrogens with one attached hydrogen (secondary N) is 1. The van der Waals surface area contributed by atoms with E-state index in [9.17, 15) is 13.5 Å². The summed E-state index contributed by atoms with van der Waals surface area (Å²) in [7, 11) is -3.22. The predicted molar refractivity (Wildman–Crippen MR) is 88.8 cm³/mol. The summed E-state index contributed by atoms with van der Waals surface area (Å²) in [6.07, 6.45) is 0.443. The summed E-state index contributed by atoms with van der Waals surface area (Å²) >= 11 is 0. The molecule has 1 unspecified atom stereocenters. The average Bonchev–Trinajstić information content (AvgIpc) is 3.02. The fourth-order valence-corrected chi connectivity index (χ4v) is 3.09. The molecule has 2 aromatic rings. The Labute approximate surface area is 141 Å². The molecule has 24 heavy (non-hydrogen) atoms. The van der Waals surface area contributed by atoms with Gasteiger partial charge in [-0.1, -0.05) is 18.2 Å². The first kappa shape index (κ1) is 16.8. The highest BCUT2D eigenvalue weighted by atomic mass is 32.2. The van der Waals surface area contributed by atoms with Crippen molar-refractivity contribution < 1.29 is 23.0 Å². The Morgan fingerprint density at radius 3 is 2.54 bits per heavy atom. The number of rotatable bonds is 6. The molecule has 6 nitrogen and oxygen atoms in total. The van der Waals surface area contributed by atoms with Crippen LogP contribution in [0.3, 0.4) is 0 Å². The number of aliphatic hydroxyl groups excluding tert-OH is 1. The van der Waals surface area contributed by atoms with E-state index in [0.717, 1.165) is 23.3 Å². The van der Waals surface area contributed by atoms with Crippen LogP contribution in [-0.4, -0.2) is 33.1 Å². The molecule has 128 valence electrons. The molecular formula is C17H19NO5S. The molecule has 0 aromatic heterocycles. The van der Waals surface area contributed by atoms with Gasteiger partial charge >= 0.3 is 0 Å². The number of aliphatic hydroxyl groups is 1. The molecular weight excluding hydrogens is 330 g/mol. The number of sulfone groups is 1. The molecule has 2 aromatic carbocycles. The first-order valence-electron chi connectivity index (χ1n) is 7.51. The first-order valence-corrected chi connectivity index (χ1v) is 9.40. The summed E-state index contributed by atoms with van der Waals surface area (Å²) in [4.78, 5) is 0.242. The number of fused-ring (bicyclic) bond motifs is 1. The normalized spacial score (nSPS) is 14.6. The van der Waals surface area contributed by atoms with E-state index in [1.54, 1.807) is 12.1 Å². The molecule has 0 spiro atoms. The summed E-state index contributed by atoms with van der Waals surface area (Å²) in [5.41, 5.74) is 1.69. The van der Waals surface area contributed by atoms with Crippen LogP contribution in [0.5, 0.6) is 11.5 Å². The maximum atomic E-state index is 11.4. The topological polar surface area (TPSA) is 84.9 Å². The lowest BCUT2D eigenvalue weighted by Crippen LogP contribution is -2.21. The third kappa shape index (κ3) is 3.87. The van der Waals surface area contributed by atoms with Crippen molar-refractivity contribution in [3.63, 3.8) is 0 Å². The molecule has 1 heterocycles. The molecule has 0 fully saturated rings. The maximum absolute atomic E-state index is 11.4. The van der Waals surface area contributed by atoms with Gasteiger partial charge in [0, 0.05) is 19.3 Å². The molecule has 0 saturated carbocycles.